The average Bonchev–Trinajstić information content (AvgIpc) is 3.36. The van der Waals surface area contributed by atoms with Crippen LogP contribution in [0.4, 0.5) is 0 Å². The molecule has 2 N–H and O–H groups in total. The van der Waals surface area contributed by atoms with E-state index in [0.717, 1.165) is 17.1 Å². The quantitative estimate of drug-likeness (QED) is 0.372. The molecule has 0 radical (unpaired) electrons. The summed E-state index contributed by atoms with van der Waals surface area (Å²) in [5, 5.41) is 5.51. The molecule has 12 heteroatoms. The van der Waals surface area contributed by atoms with E-state index in [-0.39, 0.29) is 21.1 Å². The molecular formula is C26H27N5O5S2. The summed E-state index contributed by atoms with van der Waals surface area (Å²) in [5.74, 6) is 1.18. The highest BCUT2D eigenvalue weighted by Crippen LogP contribution is 2.26. The first-order valence-electron chi connectivity index (χ1n) is 12.1. The Morgan fingerprint density at radius 3 is 2.37 bits per heavy atom. The van der Waals surface area contributed by atoms with Gasteiger partial charge in [0.25, 0.3) is 11.5 Å². The van der Waals surface area contributed by atoms with Crippen LogP contribution in [0.1, 0.15) is 23.1 Å². The zero-order valence-electron chi connectivity index (χ0n) is 20.7. The fourth-order valence-corrected chi connectivity index (χ4v) is 6.20. The largest absolute Gasteiger partial charge is 0.494 e. The molecule has 38 heavy (non-hydrogen) atoms. The maximum absolute atomic E-state index is 13.5. The highest BCUT2D eigenvalue weighted by atomic mass is 32.2. The van der Waals surface area contributed by atoms with Crippen LogP contribution in [0.25, 0.3) is 15.9 Å². The van der Waals surface area contributed by atoms with E-state index in [1.165, 1.54) is 10.6 Å². The Labute approximate surface area is 223 Å². The zero-order valence-corrected chi connectivity index (χ0v) is 22.4. The standard InChI is InChI=1S/C26H27N5O5S2/c1-2-36-20-10-8-18(9-11-20)25(32)30-14-12-29(13-15-30)17-22-28-24-21(16-23(37-24)38(27,34)35)26(33)31(22)19-6-4-3-5-7-19/h3-11,16H,2,12-15,17H2,1H3,(H2,27,34,35). The number of aromatic nitrogens is 2. The van der Waals surface area contributed by atoms with E-state index in [9.17, 15) is 18.0 Å². The Hall–Kier alpha value is -3.58. The van der Waals surface area contributed by atoms with Crippen LogP contribution in [0.3, 0.4) is 0 Å². The van der Waals surface area contributed by atoms with Crippen molar-refractivity contribution in [1.29, 1.82) is 0 Å². The van der Waals surface area contributed by atoms with Crippen LogP contribution in [-0.2, 0) is 16.6 Å². The molecule has 1 aliphatic rings. The van der Waals surface area contributed by atoms with Crippen molar-refractivity contribution in [2.45, 2.75) is 17.7 Å². The molecule has 0 spiro atoms. The summed E-state index contributed by atoms with van der Waals surface area (Å²) in [6, 6.07) is 17.5. The summed E-state index contributed by atoms with van der Waals surface area (Å²) < 4.78 is 30.7. The van der Waals surface area contributed by atoms with E-state index < -0.39 is 10.0 Å². The second-order valence-electron chi connectivity index (χ2n) is 8.86. The minimum atomic E-state index is -3.97. The third-order valence-electron chi connectivity index (χ3n) is 6.34. The minimum Gasteiger partial charge on any atom is -0.494 e. The van der Waals surface area contributed by atoms with Gasteiger partial charge in [-0.3, -0.25) is 19.1 Å². The number of amides is 1. The Kier molecular flexibility index (Phi) is 7.30. The Balaban J connectivity index is 1.38. The lowest BCUT2D eigenvalue weighted by molar-refractivity contribution is 0.0624. The van der Waals surface area contributed by atoms with Crippen molar-refractivity contribution in [2.75, 3.05) is 32.8 Å². The highest BCUT2D eigenvalue weighted by Gasteiger charge is 2.25. The summed E-state index contributed by atoms with van der Waals surface area (Å²) in [6.07, 6.45) is 0. The molecule has 3 heterocycles. The molecule has 1 saturated heterocycles. The third-order valence-corrected chi connectivity index (χ3v) is 8.79. The lowest BCUT2D eigenvalue weighted by Crippen LogP contribution is -2.48. The van der Waals surface area contributed by atoms with Gasteiger partial charge in [-0.2, -0.15) is 0 Å². The van der Waals surface area contributed by atoms with E-state index in [4.69, 9.17) is 14.9 Å². The van der Waals surface area contributed by atoms with Crippen molar-refractivity contribution in [2.24, 2.45) is 5.14 Å². The molecule has 0 unspecified atom stereocenters. The lowest BCUT2D eigenvalue weighted by atomic mass is 10.1. The van der Waals surface area contributed by atoms with E-state index in [1.807, 2.05) is 30.0 Å². The van der Waals surface area contributed by atoms with E-state index in [2.05, 4.69) is 4.90 Å². The van der Waals surface area contributed by atoms with Gasteiger partial charge in [0.2, 0.25) is 10.0 Å². The number of nitrogens with zero attached hydrogens (tertiary/aromatic N) is 4. The number of piperazine rings is 1. The number of thiophene rings is 1. The molecule has 1 amide bonds. The van der Waals surface area contributed by atoms with Crippen LogP contribution < -0.4 is 15.4 Å². The molecule has 0 aliphatic carbocycles. The van der Waals surface area contributed by atoms with Gasteiger partial charge < -0.3 is 9.64 Å². The van der Waals surface area contributed by atoms with Crippen LogP contribution in [0, 0.1) is 0 Å². The van der Waals surface area contributed by atoms with E-state index in [1.54, 1.807) is 36.4 Å². The molecule has 4 aromatic rings. The molecule has 5 rings (SSSR count). The van der Waals surface area contributed by atoms with Crippen molar-refractivity contribution < 1.29 is 17.9 Å². The van der Waals surface area contributed by atoms with Gasteiger partial charge in [0, 0.05) is 31.7 Å². The SMILES string of the molecule is CCOc1ccc(C(=O)N2CCN(Cc3nc4sc(S(N)(=O)=O)cc4c(=O)n3-c3ccccc3)CC2)cc1. The number of sulfonamides is 1. The molecule has 0 saturated carbocycles. The maximum atomic E-state index is 13.5. The van der Waals surface area contributed by atoms with Gasteiger partial charge in [0.1, 0.15) is 20.6 Å². The molecule has 10 nitrogen and oxygen atoms in total. The second-order valence-corrected chi connectivity index (χ2v) is 11.7. The molecule has 0 atom stereocenters. The van der Waals surface area contributed by atoms with Crippen molar-refractivity contribution in [3.63, 3.8) is 0 Å². The van der Waals surface area contributed by atoms with Gasteiger partial charge >= 0.3 is 0 Å². The number of carbonyl (C=O) groups excluding carboxylic acids is 1. The highest BCUT2D eigenvalue weighted by molar-refractivity contribution is 7.91. The predicted molar refractivity (Wildman–Crippen MR) is 145 cm³/mol. The van der Waals surface area contributed by atoms with Crippen molar-refractivity contribution >= 4 is 37.5 Å². The van der Waals surface area contributed by atoms with Gasteiger partial charge in [-0.25, -0.2) is 18.5 Å². The van der Waals surface area contributed by atoms with Gasteiger partial charge in [0.05, 0.1) is 24.2 Å². The van der Waals surface area contributed by atoms with E-state index in [0.29, 0.717) is 61.2 Å². The molecule has 2 aromatic heterocycles. The molecule has 0 bridgehead atoms. The molecule has 2 aromatic carbocycles. The van der Waals surface area contributed by atoms with Crippen LogP contribution in [0.2, 0.25) is 0 Å². The number of rotatable bonds is 7. The fraction of sp³-hybridized carbons (Fsp3) is 0.269. The minimum absolute atomic E-state index is 0.0393. The number of fused-ring (bicyclic) bond motifs is 1. The summed E-state index contributed by atoms with van der Waals surface area (Å²) >= 11 is 0.887. The predicted octanol–water partition coefficient (Wildman–Crippen LogP) is 2.45. The van der Waals surface area contributed by atoms with E-state index >= 15 is 0 Å². The summed E-state index contributed by atoms with van der Waals surface area (Å²) in [6.45, 7) is 5.07. The van der Waals surface area contributed by atoms with Crippen LogP contribution in [0.15, 0.2) is 69.7 Å². The first-order valence-corrected chi connectivity index (χ1v) is 14.5. The number of hydrogen-bond donors (Lipinski definition) is 1. The number of para-hydroxylation sites is 1. The fourth-order valence-electron chi connectivity index (χ4n) is 4.44. The van der Waals surface area contributed by atoms with Gasteiger partial charge in [-0.15, -0.1) is 11.3 Å². The Morgan fingerprint density at radius 1 is 1.05 bits per heavy atom. The summed E-state index contributed by atoms with van der Waals surface area (Å²) in [5.41, 5.74) is 0.886. The molecular weight excluding hydrogens is 526 g/mol. The van der Waals surface area contributed by atoms with Crippen LogP contribution in [0.5, 0.6) is 5.75 Å². The van der Waals surface area contributed by atoms with Crippen LogP contribution >= 0.6 is 11.3 Å². The number of hydrogen-bond acceptors (Lipinski definition) is 8. The normalized spacial score (nSPS) is 14.6. The molecule has 1 fully saturated rings. The number of nitrogens with two attached hydrogens (primary N) is 1. The summed E-state index contributed by atoms with van der Waals surface area (Å²) in [7, 11) is -3.97. The third kappa shape index (κ3) is 5.34. The topological polar surface area (TPSA) is 128 Å². The smallest absolute Gasteiger partial charge is 0.266 e. The van der Waals surface area contributed by atoms with Gasteiger partial charge in [-0.05, 0) is 49.4 Å². The molecule has 198 valence electrons. The first kappa shape index (κ1) is 26.0. The second kappa shape index (κ2) is 10.7. The summed E-state index contributed by atoms with van der Waals surface area (Å²) in [4.78, 5) is 35.5. The number of carbonyl (C=O) groups is 1. The first-order chi connectivity index (χ1) is 18.2. The van der Waals surface area contributed by atoms with Gasteiger partial charge in [-0.1, -0.05) is 18.2 Å². The maximum Gasteiger partial charge on any atom is 0.266 e. The Bertz CT molecular complexity index is 1620. The van der Waals surface area contributed by atoms with Crippen molar-refractivity contribution in [1.82, 2.24) is 19.4 Å². The average molecular weight is 554 g/mol. The van der Waals surface area contributed by atoms with Crippen LogP contribution in [-0.4, -0.2) is 66.5 Å². The van der Waals surface area contributed by atoms with Crippen molar-refractivity contribution in [3.05, 3.63) is 82.4 Å². The lowest BCUT2D eigenvalue weighted by Gasteiger charge is -2.34. The monoisotopic (exact) mass is 553 g/mol. The number of primary sulfonamides is 1. The molecule has 1 aliphatic heterocycles. The number of benzene rings is 2. The number of ether oxygens (including phenoxy) is 1. The Morgan fingerprint density at radius 2 is 1.74 bits per heavy atom. The zero-order chi connectivity index (χ0) is 26.9. The van der Waals surface area contributed by atoms with Crippen molar-refractivity contribution in [3.8, 4) is 11.4 Å². The van der Waals surface area contributed by atoms with Gasteiger partial charge in [0.15, 0.2) is 0 Å².